The Kier molecular flexibility index (Phi) is 3.34. The Morgan fingerprint density at radius 2 is 2.22 bits per heavy atom. The maximum atomic E-state index is 11.6. The van der Waals surface area contributed by atoms with Crippen molar-refractivity contribution in [2.75, 3.05) is 7.05 Å². The number of carbonyl (C=O) groups is 1. The van der Waals surface area contributed by atoms with Gasteiger partial charge in [-0.05, 0) is 31.9 Å². The topological polar surface area (TPSA) is 73.1 Å². The summed E-state index contributed by atoms with van der Waals surface area (Å²) >= 11 is 0. The minimum absolute atomic E-state index is 0.171. The highest BCUT2D eigenvalue weighted by Gasteiger charge is 2.27. The SMILES string of the molecule is Cc1ccc(O)c(C2=NC(C(=O)N(C)O)CC2)c1. The molecule has 1 unspecified atom stereocenters. The van der Waals surface area contributed by atoms with E-state index in [1.807, 2.05) is 19.1 Å². The summed E-state index contributed by atoms with van der Waals surface area (Å²) in [6.45, 7) is 1.93. The molecule has 18 heavy (non-hydrogen) atoms. The molecule has 2 rings (SSSR count). The van der Waals surface area contributed by atoms with Gasteiger partial charge in [-0.3, -0.25) is 15.0 Å². The highest BCUT2D eigenvalue weighted by molar-refractivity contribution is 6.05. The number of aryl methyl sites for hydroxylation is 1. The van der Waals surface area contributed by atoms with E-state index < -0.39 is 11.9 Å². The second-order valence-electron chi connectivity index (χ2n) is 4.51. The number of hydrogen-bond acceptors (Lipinski definition) is 4. The summed E-state index contributed by atoms with van der Waals surface area (Å²) < 4.78 is 0. The van der Waals surface area contributed by atoms with Gasteiger partial charge in [-0.2, -0.15) is 0 Å². The number of hydroxylamine groups is 2. The van der Waals surface area contributed by atoms with Crippen LogP contribution in [0.4, 0.5) is 0 Å². The molecule has 5 nitrogen and oxygen atoms in total. The number of benzene rings is 1. The first-order valence-electron chi connectivity index (χ1n) is 5.82. The van der Waals surface area contributed by atoms with E-state index >= 15 is 0 Å². The number of phenols is 1. The van der Waals surface area contributed by atoms with Gasteiger partial charge in [-0.1, -0.05) is 11.6 Å². The first-order valence-corrected chi connectivity index (χ1v) is 5.82. The van der Waals surface area contributed by atoms with Crippen molar-refractivity contribution >= 4 is 11.6 Å². The van der Waals surface area contributed by atoms with Crippen LogP contribution in [0, 0.1) is 6.92 Å². The van der Waals surface area contributed by atoms with Gasteiger partial charge in [-0.25, -0.2) is 5.06 Å². The van der Waals surface area contributed by atoms with Gasteiger partial charge in [-0.15, -0.1) is 0 Å². The highest BCUT2D eigenvalue weighted by Crippen LogP contribution is 2.26. The Morgan fingerprint density at radius 3 is 2.89 bits per heavy atom. The van der Waals surface area contributed by atoms with Crippen molar-refractivity contribution in [1.29, 1.82) is 0 Å². The van der Waals surface area contributed by atoms with Crippen molar-refractivity contribution in [2.45, 2.75) is 25.8 Å². The number of phenolic OH excluding ortho intramolecular Hbond substituents is 1. The van der Waals surface area contributed by atoms with Crippen LogP contribution >= 0.6 is 0 Å². The average Bonchev–Trinajstić information content (AvgIpc) is 2.80. The Balaban J connectivity index is 2.28. The monoisotopic (exact) mass is 248 g/mol. The van der Waals surface area contributed by atoms with Crippen molar-refractivity contribution in [2.24, 2.45) is 4.99 Å². The number of likely N-dealkylation sites (N-methyl/N-ethyl adjacent to an activating group) is 1. The van der Waals surface area contributed by atoms with Gasteiger partial charge in [0.15, 0.2) is 0 Å². The zero-order valence-electron chi connectivity index (χ0n) is 10.4. The lowest BCUT2D eigenvalue weighted by atomic mass is 10.0. The van der Waals surface area contributed by atoms with Gasteiger partial charge in [0.25, 0.3) is 5.91 Å². The minimum atomic E-state index is -0.546. The van der Waals surface area contributed by atoms with E-state index in [0.29, 0.717) is 23.5 Å². The summed E-state index contributed by atoms with van der Waals surface area (Å²) in [4.78, 5) is 15.9. The summed E-state index contributed by atoms with van der Waals surface area (Å²) in [6.07, 6.45) is 1.19. The fraction of sp³-hybridized carbons (Fsp3) is 0.385. The summed E-state index contributed by atoms with van der Waals surface area (Å²) in [7, 11) is 1.29. The molecule has 1 aliphatic heterocycles. The third-order valence-electron chi connectivity index (χ3n) is 3.03. The Labute approximate surface area is 105 Å². The molecule has 1 amide bonds. The smallest absolute Gasteiger partial charge is 0.270 e. The van der Waals surface area contributed by atoms with Crippen LogP contribution in [0.15, 0.2) is 23.2 Å². The van der Waals surface area contributed by atoms with E-state index in [0.717, 1.165) is 11.3 Å². The lowest BCUT2D eigenvalue weighted by Crippen LogP contribution is -2.31. The number of hydrogen-bond donors (Lipinski definition) is 2. The lowest BCUT2D eigenvalue weighted by Gasteiger charge is -2.11. The molecule has 1 aliphatic rings. The minimum Gasteiger partial charge on any atom is -0.507 e. The van der Waals surface area contributed by atoms with Gasteiger partial charge >= 0.3 is 0 Å². The molecule has 96 valence electrons. The number of nitrogens with zero attached hydrogens (tertiary/aromatic N) is 2. The molecular formula is C13H16N2O3. The molecule has 0 fully saturated rings. The molecular weight excluding hydrogens is 232 g/mol. The molecule has 0 bridgehead atoms. The third kappa shape index (κ3) is 2.36. The molecule has 1 atom stereocenters. The Bertz CT molecular complexity index is 509. The lowest BCUT2D eigenvalue weighted by molar-refractivity contribution is -0.160. The fourth-order valence-corrected chi connectivity index (χ4v) is 2.07. The van der Waals surface area contributed by atoms with Crippen LogP contribution in [0.2, 0.25) is 0 Å². The van der Waals surface area contributed by atoms with E-state index in [2.05, 4.69) is 4.99 Å². The molecule has 1 aromatic carbocycles. The molecule has 0 aliphatic carbocycles. The predicted octanol–water partition coefficient (Wildman–Crippen LogP) is 1.50. The summed E-state index contributed by atoms with van der Waals surface area (Å²) in [6, 6.07) is 4.75. The Hall–Kier alpha value is -1.88. The fourth-order valence-electron chi connectivity index (χ4n) is 2.07. The number of carbonyl (C=O) groups excluding carboxylic acids is 1. The predicted molar refractivity (Wildman–Crippen MR) is 67.0 cm³/mol. The molecule has 0 saturated carbocycles. The van der Waals surface area contributed by atoms with Gasteiger partial charge in [0.05, 0.1) is 0 Å². The molecule has 0 spiro atoms. The molecule has 0 radical (unpaired) electrons. The molecule has 5 heteroatoms. The van der Waals surface area contributed by atoms with E-state index in [4.69, 9.17) is 5.21 Å². The van der Waals surface area contributed by atoms with E-state index in [1.165, 1.54) is 7.05 Å². The third-order valence-corrected chi connectivity index (χ3v) is 3.03. The van der Waals surface area contributed by atoms with Crippen LogP contribution < -0.4 is 0 Å². The van der Waals surface area contributed by atoms with Crippen LogP contribution in [0.25, 0.3) is 0 Å². The van der Waals surface area contributed by atoms with E-state index in [9.17, 15) is 9.90 Å². The molecule has 1 aromatic rings. The second-order valence-corrected chi connectivity index (χ2v) is 4.51. The van der Waals surface area contributed by atoms with Crippen molar-refractivity contribution < 1.29 is 15.1 Å². The van der Waals surface area contributed by atoms with Crippen molar-refractivity contribution in [3.63, 3.8) is 0 Å². The standard InChI is InChI=1S/C13H16N2O3/c1-8-3-6-12(16)9(7-8)10-4-5-11(14-10)13(17)15(2)18/h3,6-7,11,16,18H,4-5H2,1-2H3. The summed E-state index contributed by atoms with van der Waals surface area (Å²) in [5.74, 6) is -0.248. The molecule has 0 saturated heterocycles. The zero-order chi connectivity index (χ0) is 13.3. The normalized spacial score (nSPS) is 18.6. The maximum Gasteiger partial charge on any atom is 0.270 e. The molecule has 0 aromatic heterocycles. The van der Waals surface area contributed by atoms with E-state index in [-0.39, 0.29) is 5.75 Å². The van der Waals surface area contributed by atoms with Crippen LogP contribution in [-0.2, 0) is 4.79 Å². The Morgan fingerprint density at radius 1 is 1.50 bits per heavy atom. The quantitative estimate of drug-likeness (QED) is 0.615. The maximum absolute atomic E-state index is 11.6. The van der Waals surface area contributed by atoms with Crippen LogP contribution in [0.5, 0.6) is 5.75 Å². The summed E-state index contributed by atoms with van der Waals surface area (Å²) in [5, 5.41) is 19.5. The van der Waals surface area contributed by atoms with E-state index in [1.54, 1.807) is 6.07 Å². The number of amides is 1. The summed E-state index contributed by atoms with van der Waals surface area (Å²) in [5.41, 5.74) is 2.42. The van der Waals surface area contributed by atoms with Crippen LogP contribution in [-0.4, -0.2) is 40.1 Å². The van der Waals surface area contributed by atoms with Gasteiger partial charge < -0.3 is 5.11 Å². The first-order chi connectivity index (χ1) is 8.49. The van der Waals surface area contributed by atoms with Crippen molar-refractivity contribution in [3.05, 3.63) is 29.3 Å². The zero-order valence-corrected chi connectivity index (χ0v) is 10.4. The highest BCUT2D eigenvalue weighted by atomic mass is 16.5. The van der Waals surface area contributed by atoms with Crippen molar-refractivity contribution in [3.8, 4) is 5.75 Å². The van der Waals surface area contributed by atoms with Crippen LogP contribution in [0.1, 0.15) is 24.0 Å². The van der Waals surface area contributed by atoms with Gasteiger partial charge in [0.1, 0.15) is 11.8 Å². The van der Waals surface area contributed by atoms with Crippen LogP contribution in [0.3, 0.4) is 0 Å². The number of aliphatic imine (C=N–C) groups is 1. The molecule has 2 N–H and O–H groups in total. The van der Waals surface area contributed by atoms with Crippen molar-refractivity contribution in [1.82, 2.24) is 5.06 Å². The van der Waals surface area contributed by atoms with Gasteiger partial charge in [0, 0.05) is 18.3 Å². The average molecular weight is 248 g/mol. The largest absolute Gasteiger partial charge is 0.507 e. The molecule has 1 heterocycles. The second kappa shape index (κ2) is 4.78. The van der Waals surface area contributed by atoms with Gasteiger partial charge in [0.2, 0.25) is 0 Å². The first kappa shape index (κ1) is 12.6. The number of rotatable bonds is 2. The number of aromatic hydroxyl groups is 1.